The average Bonchev–Trinajstić information content (AvgIpc) is 3.69. The first kappa shape index (κ1) is 44.0. The normalized spacial score (nSPS) is 11.9. The van der Waals surface area contributed by atoms with Crippen molar-refractivity contribution in [3.63, 3.8) is 0 Å². The first-order valence-corrected chi connectivity index (χ1v) is 22.1. The Morgan fingerprint density at radius 3 is 2.32 bits per heavy atom. The number of unbranched alkanes of at least 4 members (excludes halogenated alkanes) is 1. The summed E-state index contributed by atoms with van der Waals surface area (Å²) < 4.78 is 33.5. The van der Waals surface area contributed by atoms with Crippen molar-refractivity contribution in [1.29, 1.82) is 0 Å². The molecule has 310 valence electrons. The first-order valence-electron chi connectivity index (χ1n) is 20.3. The lowest BCUT2D eigenvalue weighted by atomic mass is 9.97. The van der Waals surface area contributed by atoms with Crippen LogP contribution in [0.5, 0.6) is 11.5 Å². The molecule has 0 fully saturated rings. The van der Waals surface area contributed by atoms with Crippen molar-refractivity contribution in [2.24, 2.45) is 15.6 Å². The molecule has 0 radical (unpaired) electrons. The number of thiophene rings is 1. The molecule has 0 atom stereocenters. The summed E-state index contributed by atoms with van der Waals surface area (Å²) in [6.07, 6.45) is 4.89. The number of halogens is 1. The van der Waals surface area contributed by atoms with Crippen LogP contribution in [0.2, 0.25) is 0 Å². The molecule has 0 spiro atoms. The van der Waals surface area contributed by atoms with E-state index in [4.69, 9.17) is 14.2 Å². The molecule has 0 bridgehead atoms. The van der Waals surface area contributed by atoms with Gasteiger partial charge < -0.3 is 14.2 Å². The number of esters is 2. The van der Waals surface area contributed by atoms with Crippen LogP contribution in [0.25, 0.3) is 32.3 Å². The second-order valence-electron chi connectivity index (χ2n) is 15.5. The number of fused-ring (bicyclic) bond motifs is 1. The van der Waals surface area contributed by atoms with Crippen LogP contribution in [-0.4, -0.2) is 42.8 Å². The molecule has 60 heavy (non-hydrogen) atoms. The number of carbonyl (C=O) groups excluding carboxylic acids is 2. The number of nitrogens with zero attached hydrogens (tertiary/aromatic N) is 2. The number of benzene rings is 5. The Labute approximate surface area is 360 Å². The van der Waals surface area contributed by atoms with E-state index in [0.29, 0.717) is 53.2 Å². The van der Waals surface area contributed by atoms with E-state index in [-0.39, 0.29) is 24.8 Å². The lowest BCUT2D eigenvalue weighted by Crippen LogP contribution is -2.23. The van der Waals surface area contributed by atoms with E-state index in [9.17, 15) is 9.59 Å². The third kappa shape index (κ3) is 12.5. The number of hydrogen-bond donors (Lipinski definition) is 0. The maximum absolute atomic E-state index is 15.4. The molecule has 7 nitrogen and oxygen atoms in total. The number of thioether (sulfide) groups is 1. The van der Waals surface area contributed by atoms with Gasteiger partial charge in [-0.05, 0) is 129 Å². The summed E-state index contributed by atoms with van der Waals surface area (Å²) in [6, 6.07) is 36.7. The van der Waals surface area contributed by atoms with Crippen LogP contribution in [-0.2, 0) is 20.7 Å². The minimum Gasteiger partial charge on any atom is -0.493 e. The van der Waals surface area contributed by atoms with Crippen molar-refractivity contribution in [3.8, 4) is 33.8 Å². The van der Waals surface area contributed by atoms with Crippen molar-refractivity contribution in [1.82, 2.24) is 0 Å². The highest BCUT2D eigenvalue weighted by atomic mass is 32.2. The van der Waals surface area contributed by atoms with Gasteiger partial charge in [0.25, 0.3) is 0 Å². The smallest absolute Gasteiger partial charge is 0.311 e. The van der Waals surface area contributed by atoms with Gasteiger partial charge in [0.05, 0.1) is 35.4 Å². The number of aryl methyl sites for hydroxylation is 1. The molecule has 6 aromatic rings. The lowest BCUT2D eigenvalue weighted by Gasteiger charge is -2.16. The van der Waals surface area contributed by atoms with E-state index in [1.54, 1.807) is 53.9 Å². The van der Waals surface area contributed by atoms with E-state index >= 15 is 4.39 Å². The minimum absolute atomic E-state index is 0.0545. The van der Waals surface area contributed by atoms with Gasteiger partial charge in [0.15, 0.2) is 0 Å². The third-order valence-electron chi connectivity index (χ3n) is 9.59. The molecule has 10 heteroatoms. The van der Waals surface area contributed by atoms with Crippen LogP contribution in [0.3, 0.4) is 0 Å². The molecule has 1 aromatic heterocycles. The molecule has 0 unspecified atom stereocenters. The average molecular weight is 843 g/mol. The Morgan fingerprint density at radius 1 is 0.833 bits per heavy atom. The SMILES string of the molecule is CCCCSc1ccc(-c2ccc(OC(=O)CCc3ccc(-c4ccc(OCCCOC(=O)C(C)(C)C)cc4)c(F)c3)c(/C=N/N=C(\C)c3cc4ccccc4s3)c2)cc1. The predicted octanol–water partition coefficient (Wildman–Crippen LogP) is 13.0. The molecule has 0 saturated heterocycles. The third-order valence-corrected chi connectivity index (χ3v) is 11.9. The molecule has 0 aliphatic rings. The maximum Gasteiger partial charge on any atom is 0.311 e. The quantitative estimate of drug-likeness (QED) is 0.0214. The molecule has 6 rings (SSSR count). The molecule has 0 aliphatic carbocycles. The Hall–Kier alpha value is -5.58. The largest absolute Gasteiger partial charge is 0.493 e. The summed E-state index contributed by atoms with van der Waals surface area (Å²) in [5, 5.41) is 10.1. The number of rotatable bonds is 18. The van der Waals surface area contributed by atoms with Gasteiger partial charge in [-0.25, -0.2) is 4.39 Å². The van der Waals surface area contributed by atoms with E-state index in [0.717, 1.165) is 32.9 Å². The summed E-state index contributed by atoms with van der Waals surface area (Å²) in [5.41, 5.74) is 4.68. The summed E-state index contributed by atoms with van der Waals surface area (Å²) in [7, 11) is 0. The van der Waals surface area contributed by atoms with Crippen LogP contribution in [0, 0.1) is 11.2 Å². The first-order chi connectivity index (χ1) is 29.0. The molecule has 0 amide bonds. The number of hydrogen-bond acceptors (Lipinski definition) is 9. The van der Waals surface area contributed by atoms with Crippen molar-refractivity contribution in [2.75, 3.05) is 19.0 Å². The highest BCUT2D eigenvalue weighted by Crippen LogP contribution is 2.31. The topological polar surface area (TPSA) is 86.5 Å². The van der Waals surface area contributed by atoms with Gasteiger partial charge in [-0.15, -0.1) is 23.1 Å². The molecule has 0 aliphatic heterocycles. The fourth-order valence-corrected chi connectivity index (χ4v) is 8.12. The van der Waals surface area contributed by atoms with E-state index in [2.05, 4.69) is 59.6 Å². The van der Waals surface area contributed by atoms with Crippen molar-refractivity contribution < 1.29 is 28.2 Å². The van der Waals surface area contributed by atoms with Crippen molar-refractivity contribution in [3.05, 3.63) is 137 Å². The Kier molecular flexibility index (Phi) is 15.5. The van der Waals surface area contributed by atoms with Gasteiger partial charge in [-0.1, -0.05) is 74.0 Å². The lowest BCUT2D eigenvalue weighted by molar-refractivity contribution is -0.153. The monoisotopic (exact) mass is 842 g/mol. The summed E-state index contributed by atoms with van der Waals surface area (Å²) >= 11 is 3.52. The summed E-state index contributed by atoms with van der Waals surface area (Å²) in [6.45, 7) is 10.2. The van der Waals surface area contributed by atoms with Crippen LogP contribution in [0.15, 0.2) is 130 Å². The van der Waals surface area contributed by atoms with E-state index in [1.807, 2.05) is 69.8 Å². The second-order valence-corrected chi connectivity index (χ2v) is 17.7. The zero-order valence-corrected chi connectivity index (χ0v) is 36.5. The molecular formula is C50H51FN2O5S2. The number of ether oxygens (including phenoxy) is 3. The Bertz CT molecular complexity index is 2420. The highest BCUT2D eigenvalue weighted by Gasteiger charge is 2.22. The number of carbonyl (C=O) groups is 2. The Balaban J connectivity index is 1.09. The van der Waals surface area contributed by atoms with Gasteiger partial charge >= 0.3 is 11.9 Å². The second kappa shape index (κ2) is 21.1. The highest BCUT2D eigenvalue weighted by molar-refractivity contribution is 7.99. The molecular weight excluding hydrogens is 792 g/mol. The summed E-state index contributed by atoms with van der Waals surface area (Å²) in [4.78, 5) is 27.4. The molecule has 5 aromatic carbocycles. The maximum atomic E-state index is 15.4. The van der Waals surface area contributed by atoms with Crippen molar-refractivity contribution >= 4 is 57.0 Å². The van der Waals surface area contributed by atoms with Crippen molar-refractivity contribution in [2.45, 2.75) is 71.6 Å². The zero-order valence-electron chi connectivity index (χ0n) is 34.8. The van der Waals surface area contributed by atoms with Gasteiger partial charge in [0, 0.05) is 33.6 Å². The van der Waals surface area contributed by atoms with Gasteiger partial charge in [-0.2, -0.15) is 10.2 Å². The van der Waals surface area contributed by atoms with E-state index < -0.39 is 11.4 Å². The van der Waals surface area contributed by atoms with Gasteiger partial charge in [0.2, 0.25) is 0 Å². The summed E-state index contributed by atoms with van der Waals surface area (Å²) in [5.74, 6) is 1.03. The minimum atomic E-state index is -0.539. The van der Waals surface area contributed by atoms with Crippen LogP contribution < -0.4 is 9.47 Å². The van der Waals surface area contributed by atoms with E-state index in [1.165, 1.54) is 28.5 Å². The molecule has 0 saturated carbocycles. The molecule has 1 heterocycles. The predicted molar refractivity (Wildman–Crippen MR) is 245 cm³/mol. The molecule has 0 N–H and O–H groups in total. The fraction of sp³-hybridized carbons (Fsp3) is 0.280. The van der Waals surface area contributed by atoms with Crippen LogP contribution in [0.1, 0.15) is 76.3 Å². The van der Waals surface area contributed by atoms with Gasteiger partial charge in [-0.3, -0.25) is 9.59 Å². The Morgan fingerprint density at radius 2 is 1.58 bits per heavy atom. The van der Waals surface area contributed by atoms with Gasteiger partial charge in [0.1, 0.15) is 17.3 Å². The standard InChI is InChI=1S/C50H51FN2O5S2/c1-6-7-29-59-42-22-17-36(18-23-42)38-19-25-45(40(31-38)33-52-53-34(2)47-32-39-11-8-9-12-46(39)60-47)58-48(54)26-14-35-13-24-43(44(51)30-35)37-15-20-41(21-16-37)56-27-10-28-57-49(55)50(3,4)5/h8-9,11-13,15-25,30-33H,6-7,10,14,26-29H2,1-5H3/b52-33+,53-34+. The van der Waals surface area contributed by atoms with Crippen LogP contribution >= 0.6 is 23.1 Å². The van der Waals surface area contributed by atoms with Crippen LogP contribution in [0.4, 0.5) is 4.39 Å². The fourth-order valence-electron chi connectivity index (χ4n) is 6.12. The zero-order chi connectivity index (χ0) is 42.5.